The summed E-state index contributed by atoms with van der Waals surface area (Å²) in [5, 5.41) is 16.4. The van der Waals surface area contributed by atoms with E-state index in [1.165, 1.54) is 6.33 Å². The summed E-state index contributed by atoms with van der Waals surface area (Å²) >= 11 is 4.04. The van der Waals surface area contributed by atoms with Crippen LogP contribution in [-0.4, -0.2) is 69.2 Å². The van der Waals surface area contributed by atoms with Crippen molar-refractivity contribution < 1.29 is 24.3 Å². The number of rotatable bonds is 12. The number of H-pyrrole nitrogens is 1. The molecular formula is C17H28N6O5S. The predicted molar refractivity (Wildman–Crippen MR) is 108 cm³/mol. The topological polar surface area (TPSA) is 179 Å². The molecule has 12 heteroatoms. The van der Waals surface area contributed by atoms with E-state index in [-0.39, 0.29) is 18.1 Å². The van der Waals surface area contributed by atoms with E-state index in [0.29, 0.717) is 12.1 Å². The summed E-state index contributed by atoms with van der Waals surface area (Å²) in [5.74, 6) is -3.26. The van der Waals surface area contributed by atoms with Gasteiger partial charge in [-0.3, -0.25) is 14.4 Å². The molecule has 0 aromatic carbocycles. The first kappa shape index (κ1) is 24.4. The van der Waals surface area contributed by atoms with Crippen molar-refractivity contribution in [3.63, 3.8) is 0 Å². The van der Waals surface area contributed by atoms with E-state index >= 15 is 0 Å². The predicted octanol–water partition coefficient (Wildman–Crippen LogP) is -1.57. The van der Waals surface area contributed by atoms with E-state index in [9.17, 15) is 24.3 Å². The summed E-state index contributed by atoms with van der Waals surface area (Å²) in [6.07, 6.45) is 3.78. The van der Waals surface area contributed by atoms with Crippen molar-refractivity contribution >= 4 is 36.3 Å². The Hall–Kier alpha value is -2.60. The SMILES string of the molecule is CCC(C)C(NC(=O)CNC(=O)C(CS)NC(=O)C(N)Cc1cnc[nH]1)C(=O)O. The number of carbonyl (C=O) groups excluding carboxylic acids is 3. The average Bonchev–Trinajstić information content (AvgIpc) is 3.20. The Bertz CT molecular complexity index is 698. The number of nitrogens with zero attached hydrogens (tertiary/aromatic N) is 1. The highest BCUT2D eigenvalue weighted by Crippen LogP contribution is 2.07. The van der Waals surface area contributed by atoms with E-state index < -0.39 is 48.4 Å². The number of hydrogen-bond acceptors (Lipinski definition) is 7. The molecule has 1 aromatic heterocycles. The first-order chi connectivity index (χ1) is 13.7. The lowest BCUT2D eigenvalue weighted by Crippen LogP contribution is -2.55. The van der Waals surface area contributed by atoms with Gasteiger partial charge >= 0.3 is 5.97 Å². The van der Waals surface area contributed by atoms with Gasteiger partial charge in [-0.25, -0.2) is 9.78 Å². The van der Waals surface area contributed by atoms with Crippen LogP contribution in [0, 0.1) is 5.92 Å². The van der Waals surface area contributed by atoms with E-state index in [4.69, 9.17) is 5.73 Å². The molecule has 4 unspecified atom stereocenters. The second kappa shape index (κ2) is 12.1. The first-order valence-electron chi connectivity index (χ1n) is 9.13. The van der Waals surface area contributed by atoms with Gasteiger partial charge in [-0.05, 0) is 5.92 Å². The molecule has 162 valence electrons. The van der Waals surface area contributed by atoms with Crippen molar-refractivity contribution in [2.24, 2.45) is 11.7 Å². The Kier molecular flexibility index (Phi) is 10.2. The third kappa shape index (κ3) is 8.11. The minimum atomic E-state index is -1.15. The van der Waals surface area contributed by atoms with Gasteiger partial charge in [0.05, 0.1) is 18.9 Å². The van der Waals surface area contributed by atoms with Gasteiger partial charge in [-0.2, -0.15) is 12.6 Å². The number of carboxylic acids is 1. The highest BCUT2D eigenvalue weighted by molar-refractivity contribution is 7.80. The monoisotopic (exact) mass is 428 g/mol. The molecule has 0 fully saturated rings. The van der Waals surface area contributed by atoms with E-state index in [0.717, 1.165) is 0 Å². The normalized spacial score (nSPS) is 14.9. The summed E-state index contributed by atoms with van der Waals surface area (Å²) in [5.41, 5.74) is 6.49. The largest absolute Gasteiger partial charge is 0.480 e. The van der Waals surface area contributed by atoms with Crippen LogP contribution in [-0.2, 0) is 25.6 Å². The summed E-state index contributed by atoms with van der Waals surface area (Å²) in [6.45, 7) is 3.08. The standard InChI is InChI=1S/C17H28N6O5S/c1-3-9(2)14(17(27)28)23-13(24)6-20-16(26)12(7-29)22-15(25)11(18)4-10-5-19-8-21-10/h5,8-9,11-12,14,29H,3-4,6-7,18H2,1-2H3,(H,19,21)(H,20,26)(H,22,25)(H,23,24)(H,27,28). The van der Waals surface area contributed by atoms with Crippen molar-refractivity contribution in [2.75, 3.05) is 12.3 Å². The molecule has 1 rings (SSSR count). The van der Waals surface area contributed by atoms with Gasteiger partial charge in [0.2, 0.25) is 17.7 Å². The molecule has 3 amide bonds. The van der Waals surface area contributed by atoms with Crippen LogP contribution in [0.1, 0.15) is 26.0 Å². The molecule has 1 aromatic rings. The zero-order valence-electron chi connectivity index (χ0n) is 16.3. The molecule has 29 heavy (non-hydrogen) atoms. The molecule has 1 heterocycles. The van der Waals surface area contributed by atoms with Crippen LogP contribution in [0.2, 0.25) is 0 Å². The Labute approximate surface area is 174 Å². The molecule has 0 saturated heterocycles. The molecule has 0 spiro atoms. The number of nitrogens with two attached hydrogens (primary N) is 1. The van der Waals surface area contributed by atoms with Gasteiger partial charge in [-0.15, -0.1) is 0 Å². The zero-order chi connectivity index (χ0) is 22.0. The maximum atomic E-state index is 12.2. The van der Waals surface area contributed by atoms with E-state index in [1.54, 1.807) is 13.1 Å². The molecule has 0 aliphatic rings. The van der Waals surface area contributed by atoms with Crippen molar-refractivity contribution in [1.82, 2.24) is 25.9 Å². The van der Waals surface area contributed by atoms with Gasteiger partial charge in [-0.1, -0.05) is 20.3 Å². The second-order valence-corrected chi connectivity index (χ2v) is 6.98. The molecule has 0 aliphatic carbocycles. The van der Waals surface area contributed by atoms with Crippen LogP contribution in [0.3, 0.4) is 0 Å². The number of carbonyl (C=O) groups is 4. The quantitative estimate of drug-likeness (QED) is 0.196. The fraction of sp³-hybridized carbons (Fsp3) is 0.588. The number of nitrogens with one attached hydrogen (secondary N) is 4. The van der Waals surface area contributed by atoms with Crippen LogP contribution in [0.15, 0.2) is 12.5 Å². The average molecular weight is 429 g/mol. The molecule has 0 radical (unpaired) electrons. The van der Waals surface area contributed by atoms with Crippen LogP contribution in [0.4, 0.5) is 0 Å². The number of aromatic amines is 1. The summed E-state index contributed by atoms with van der Waals surface area (Å²) in [4.78, 5) is 54.3. The summed E-state index contributed by atoms with van der Waals surface area (Å²) < 4.78 is 0. The maximum Gasteiger partial charge on any atom is 0.326 e. The number of aliphatic carboxylic acids is 1. The van der Waals surface area contributed by atoms with Crippen LogP contribution in [0.25, 0.3) is 0 Å². The number of hydrogen-bond donors (Lipinski definition) is 7. The minimum Gasteiger partial charge on any atom is -0.480 e. The maximum absolute atomic E-state index is 12.2. The molecule has 0 saturated carbocycles. The highest BCUT2D eigenvalue weighted by Gasteiger charge is 2.27. The molecule has 4 atom stereocenters. The fourth-order valence-corrected chi connectivity index (χ4v) is 2.65. The second-order valence-electron chi connectivity index (χ2n) is 6.62. The number of aromatic nitrogens is 2. The highest BCUT2D eigenvalue weighted by atomic mass is 32.1. The third-order valence-corrected chi connectivity index (χ3v) is 4.73. The molecule has 7 N–H and O–H groups in total. The number of imidazole rings is 1. The molecule has 0 bridgehead atoms. The van der Waals surface area contributed by atoms with Gasteiger partial charge in [0, 0.05) is 24.1 Å². The van der Waals surface area contributed by atoms with Gasteiger partial charge in [0.1, 0.15) is 12.1 Å². The summed E-state index contributed by atoms with van der Waals surface area (Å²) in [7, 11) is 0. The lowest BCUT2D eigenvalue weighted by molar-refractivity contribution is -0.143. The van der Waals surface area contributed by atoms with Gasteiger partial charge < -0.3 is 31.8 Å². The number of carboxylic acid groups (broad SMARTS) is 1. The number of amides is 3. The Morgan fingerprint density at radius 1 is 1.28 bits per heavy atom. The zero-order valence-corrected chi connectivity index (χ0v) is 17.2. The van der Waals surface area contributed by atoms with Crippen LogP contribution < -0.4 is 21.7 Å². The summed E-state index contributed by atoms with van der Waals surface area (Å²) in [6, 6.07) is -2.96. The Morgan fingerprint density at radius 3 is 2.48 bits per heavy atom. The lowest BCUT2D eigenvalue weighted by atomic mass is 9.99. The number of thiol groups is 1. The van der Waals surface area contributed by atoms with E-state index in [2.05, 4.69) is 38.5 Å². The van der Waals surface area contributed by atoms with Crippen molar-refractivity contribution in [2.45, 2.75) is 44.8 Å². The fourth-order valence-electron chi connectivity index (χ4n) is 2.40. The first-order valence-corrected chi connectivity index (χ1v) is 9.76. The lowest BCUT2D eigenvalue weighted by Gasteiger charge is -2.21. The van der Waals surface area contributed by atoms with Crippen LogP contribution >= 0.6 is 12.6 Å². The van der Waals surface area contributed by atoms with Gasteiger partial charge in [0.15, 0.2) is 0 Å². The smallest absolute Gasteiger partial charge is 0.326 e. The van der Waals surface area contributed by atoms with Crippen molar-refractivity contribution in [3.05, 3.63) is 18.2 Å². The molecule has 0 aliphatic heterocycles. The molecule has 11 nitrogen and oxygen atoms in total. The van der Waals surface area contributed by atoms with Crippen LogP contribution in [0.5, 0.6) is 0 Å². The van der Waals surface area contributed by atoms with Crippen molar-refractivity contribution in [1.29, 1.82) is 0 Å². The van der Waals surface area contributed by atoms with Gasteiger partial charge in [0.25, 0.3) is 0 Å². The van der Waals surface area contributed by atoms with Crippen molar-refractivity contribution in [3.8, 4) is 0 Å². The Morgan fingerprint density at radius 2 is 1.97 bits per heavy atom. The van der Waals surface area contributed by atoms with E-state index in [1.807, 2.05) is 6.92 Å². The molecular weight excluding hydrogens is 400 g/mol. The Balaban J connectivity index is 2.52. The minimum absolute atomic E-state index is 0.0133. The third-order valence-electron chi connectivity index (χ3n) is 4.37.